The van der Waals surface area contributed by atoms with Crippen molar-refractivity contribution in [3.63, 3.8) is 0 Å². The summed E-state index contributed by atoms with van der Waals surface area (Å²) in [6, 6.07) is 0. The molecule has 2 saturated heterocycles. The van der Waals surface area contributed by atoms with Gasteiger partial charge in [0.05, 0.1) is 12.7 Å². The Morgan fingerprint density at radius 2 is 2.50 bits per heavy atom. The largest absolute Gasteiger partial charge is 0.377 e. The molecule has 0 aliphatic carbocycles. The molecule has 2 nitrogen and oxygen atoms in total. The van der Waals surface area contributed by atoms with Crippen LogP contribution in [0.3, 0.4) is 0 Å². The molecule has 0 radical (unpaired) electrons. The Balaban J connectivity index is 1.94. The molecule has 0 aromatic carbocycles. The maximum absolute atomic E-state index is 5.71. The van der Waals surface area contributed by atoms with Gasteiger partial charge < -0.3 is 10.1 Å². The molecule has 0 aromatic heterocycles. The lowest BCUT2D eigenvalue weighted by atomic mass is 9.79. The van der Waals surface area contributed by atoms with Crippen molar-refractivity contribution in [2.24, 2.45) is 5.41 Å². The van der Waals surface area contributed by atoms with E-state index in [1.54, 1.807) is 0 Å². The van der Waals surface area contributed by atoms with Crippen molar-refractivity contribution in [1.82, 2.24) is 5.32 Å². The van der Waals surface area contributed by atoms with Gasteiger partial charge in [-0.3, -0.25) is 0 Å². The van der Waals surface area contributed by atoms with Crippen LogP contribution >= 0.6 is 15.9 Å². The Hall–Kier alpha value is 0.400. The monoisotopic (exact) mass is 233 g/mol. The summed E-state index contributed by atoms with van der Waals surface area (Å²) in [7, 11) is 0. The first-order valence-electron chi connectivity index (χ1n) is 4.73. The van der Waals surface area contributed by atoms with Crippen molar-refractivity contribution in [3.8, 4) is 0 Å². The molecular weight excluding hydrogens is 218 g/mol. The van der Waals surface area contributed by atoms with Crippen LogP contribution in [-0.2, 0) is 4.74 Å². The molecule has 1 N–H and O–H groups in total. The molecule has 2 aliphatic rings. The maximum Gasteiger partial charge on any atom is 0.0678 e. The lowest BCUT2D eigenvalue weighted by molar-refractivity contribution is 0.0997. The Labute approximate surface area is 82.2 Å². The first-order chi connectivity index (χ1) is 5.85. The molecule has 0 aromatic rings. The molecule has 0 unspecified atom stereocenters. The molecule has 0 saturated carbocycles. The van der Waals surface area contributed by atoms with E-state index < -0.39 is 0 Å². The first-order valence-corrected chi connectivity index (χ1v) is 5.85. The number of hydrogen-bond donors (Lipinski definition) is 1. The molecule has 0 amide bonds. The quantitative estimate of drug-likeness (QED) is 0.695. The molecule has 3 heteroatoms. The minimum absolute atomic E-state index is 0.463. The first kappa shape index (κ1) is 8.97. The molecule has 2 aliphatic heterocycles. The molecule has 2 atom stereocenters. The highest BCUT2D eigenvalue weighted by atomic mass is 79.9. The predicted molar refractivity (Wildman–Crippen MR) is 52.7 cm³/mol. The number of piperidine rings is 1. The summed E-state index contributed by atoms with van der Waals surface area (Å²) in [5.41, 5.74) is 0.483. The van der Waals surface area contributed by atoms with E-state index in [2.05, 4.69) is 21.2 Å². The highest BCUT2D eigenvalue weighted by Gasteiger charge is 2.40. The van der Waals surface area contributed by atoms with E-state index in [0.29, 0.717) is 11.5 Å². The fourth-order valence-corrected chi connectivity index (χ4v) is 2.74. The van der Waals surface area contributed by atoms with Crippen LogP contribution in [0.2, 0.25) is 0 Å². The van der Waals surface area contributed by atoms with Crippen molar-refractivity contribution in [2.75, 3.05) is 25.0 Å². The Bertz CT molecular complexity index is 157. The van der Waals surface area contributed by atoms with E-state index in [9.17, 15) is 0 Å². The molecule has 0 bridgehead atoms. The molecule has 1 spiro atoms. The molecule has 2 rings (SSSR count). The van der Waals surface area contributed by atoms with Gasteiger partial charge in [0.2, 0.25) is 0 Å². The van der Waals surface area contributed by atoms with Crippen LogP contribution in [0.1, 0.15) is 19.3 Å². The van der Waals surface area contributed by atoms with E-state index in [4.69, 9.17) is 4.74 Å². The van der Waals surface area contributed by atoms with Crippen molar-refractivity contribution < 1.29 is 4.74 Å². The standard InChI is InChI=1S/C9H16BrNO/c10-5-8-4-9(7-12-8)2-1-3-11-6-9/h8,11H,1-7H2/t8-,9+/m0/s1. The lowest BCUT2D eigenvalue weighted by Crippen LogP contribution is -2.40. The Morgan fingerprint density at radius 1 is 1.58 bits per heavy atom. The third-order valence-corrected chi connectivity index (χ3v) is 3.74. The van der Waals surface area contributed by atoms with Crippen LogP contribution < -0.4 is 5.32 Å². The van der Waals surface area contributed by atoms with Crippen molar-refractivity contribution in [2.45, 2.75) is 25.4 Å². The van der Waals surface area contributed by atoms with Gasteiger partial charge in [-0.2, -0.15) is 0 Å². The van der Waals surface area contributed by atoms with E-state index in [1.807, 2.05) is 0 Å². The van der Waals surface area contributed by atoms with Gasteiger partial charge >= 0.3 is 0 Å². The van der Waals surface area contributed by atoms with Crippen LogP contribution in [0.5, 0.6) is 0 Å². The number of rotatable bonds is 1. The van der Waals surface area contributed by atoms with Gasteiger partial charge in [0.25, 0.3) is 0 Å². The zero-order valence-corrected chi connectivity index (χ0v) is 8.90. The van der Waals surface area contributed by atoms with Crippen LogP contribution in [0.4, 0.5) is 0 Å². The number of ether oxygens (including phenoxy) is 1. The van der Waals surface area contributed by atoms with Gasteiger partial charge in [-0.25, -0.2) is 0 Å². The van der Waals surface area contributed by atoms with Crippen LogP contribution in [-0.4, -0.2) is 31.1 Å². The van der Waals surface area contributed by atoms with Gasteiger partial charge in [-0.15, -0.1) is 0 Å². The van der Waals surface area contributed by atoms with Crippen molar-refractivity contribution in [1.29, 1.82) is 0 Å². The number of nitrogens with one attached hydrogen (secondary N) is 1. The summed E-state index contributed by atoms with van der Waals surface area (Å²) in [6.07, 6.45) is 4.37. The average molecular weight is 234 g/mol. The third-order valence-electron chi connectivity index (χ3n) is 3.02. The second-order valence-corrected chi connectivity index (χ2v) is 4.72. The molecule has 12 heavy (non-hydrogen) atoms. The Morgan fingerprint density at radius 3 is 3.08 bits per heavy atom. The van der Waals surface area contributed by atoms with Gasteiger partial charge in [0.1, 0.15) is 0 Å². The summed E-state index contributed by atoms with van der Waals surface area (Å²) in [4.78, 5) is 0. The highest BCUT2D eigenvalue weighted by Crippen LogP contribution is 2.38. The van der Waals surface area contributed by atoms with Gasteiger partial charge in [-0.05, 0) is 25.8 Å². The molecule has 70 valence electrons. The van der Waals surface area contributed by atoms with Crippen LogP contribution in [0, 0.1) is 5.41 Å². The molecule has 2 fully saturated rings. The van der Waals surface area contributed by atoms with Crippen molar-refractivity contribution >= 4 is 15.9 Å². The van der Waals surface area contributed by atoms with Gasteiger partial charge in [0.15, 0.2) is 0 Å². The van der Waals surface area contributed by atoms with Crippen molar-refractivity contribution in [3.05, 3.63) is 0 Å². The minimum atomic E-state index is 0.463. The fourth-order valence-electron chi connectivity index (χ4n) is 2.32. The molecule has 2 heterocycles. The number of halogens is 1. The third kappa shape index (κ3) is 1.68. The number of hydrogen-bond acceptors (Lipinski definition) is 2. The minimum Gasteiger partial charge on any atom is -0.377 e. The average Bonchev–Trinajstić information content (AvgIpc) is 2.50. The summed E-state index contributed by atoms with van der Waals surface area (Å²) in [5.74, 6) is 0. The maximum atomic E-state index is 5.71. The van der Waals surface area contributed by atoms with Gasteiger partial charge in [-0.1, -0.05) is 15.9 Å². The fraction of sp³-hybridized carbons (Fsp3) is 1.00. The predicted octanol–water partition coefficient (Wildman–Crippen LogP) is 1.54. The van der Waals surface area contributed by atoms with Crippen LogP contribution in [0.25, 0.3) is 0 Å². The smallest absolute Gasteiger partial charge is 0.0678 e. The Kier molecular flexibility index (Phi) is 2.72. The van der Waals surface area contributed by atoms with E-state index >= 15 is 0 Å². The van der Waals surface area contributed by atoms with Crippen LogP contribution in [0.15, 0.2) is 0 Å². The highest BCUT2D eigenvalue weighted by molar-refractivity contribution is 9.09. The van der Waals surface area contributed by atoms with Gasteiger partial charge in [0, 0.05) is 17.3 Å². The SMILES string of the molecule is BrC[C@@H]1C[C@@]2(CCCNC2)CO1. The zero-order chi connectivity index (χ0) is 8.44. The summed E-state index contributed by atoms with van der Waals surface area (Å²) < 4.78 is 5.71. The molecular formula is C9H16BrNO. The lowest BCUT2D eigenvalue weighted by Gasteiger charge is -2.32. The topological polar surface area (TPSA) is 21.3 Å². The second kappa shape index (κ2) is 3.64. The van der Waals surface area contributed by atoms with E-state index in [-0.39, 0.29) is 0 Å². The summed E-state index contributed by atoms with van der Waals surface area (Å²) in [6.45, 7) is 3.33. The second-order valence-electron chi connectivity index (χ2n) is 4.07. The normalized spacial score (nSPS) is 42.2. The summed E-state index contributed by atoms with van der Waals surface area (Å²) in [5, 5.41) is 4.46. The zero-order valence-electron chi connectivity index (χ0n) is 7.31. The van der Waals surface area contributed by atoms with E-state index in [1.165, 1.54) is 25.8 Å². The number of alkyl halides is 1. The summed E-state index contributed by atoms with van der Waals surface area (Å²) >= 11 is 3.48. The van der Waals surface area contributed by atoms with E-state index in [0.717, 1.165) is 18.5 Å².